The number of aromatic nitrogens is 3. The fourth-order valence-corrected chi connectivity index (χ4v) is 2.97. The van der Waals surface area contributed by atoms with Gasteiger partial charge < -0.3 is 15.4 Å². The van der Waals surface area contributed by atoms with Gasteiger partial charge in [-0.2, -0.15) is 5.10 Å². The molecule has 2 aromatic heterocycles. The van der Waals surface area contributed by atoms with E-state index in [1.165, 1.54) is 0 Å². The number of anilines is 1. The van der Waals surface area contributed by atoms with Gasteiger partial charge in [0.05, 0.1) is 6.20 Å². The van der Waals surface area contributed by atoms with Crippen LogP contribution < -0.4 is 15.4 Å². The van der Waals surface area contributed by atoms with E-state index in [1.54, 1.807) is 6.20 Å². The Kier molecular flexibility index (Phi) is 4.61. The van der Waals surface area contributed by atoms with Crippen LogP contribution in [0.5, 0.6) is 11.6 Å². The molecule has 1 aliphatic heterocycles. The monoisotopic (exact) mass is 335 g/mol. The van der Waals surface area contributed by atoms with E-state index in [9.17, 15) is 0 Å². The zero-order valence-corrected chi connectivity index (χ0v) is 13.9. The van der Waals surface area contributed by atoms with Crippen LogP contribution >= 0.6 is 0 Å². The molecule has 0 amide bonds. The minimum absolute atomic E-state index is 0.522. The molecule has 1 aliphatic rings. The van der Waals surface area contributed by atoms with Crippen molar-refractivity contribution in [3.05, 3.63) is 66.5 Å². The maximum atomic E-state index is 5.79. The van der Waals surface area contributed by atoms with E-state index < -0.39 is 0 Å². The summed E-state index contributed by atoms with van der Waals surface area (Å²) in [5.41, 5.74) is 1.16. The Bertz CT molecular complexity index is 817. The molecule has 1 aromatic carbocycles. The molecule has 0 radical (unpaired) electrons. The van der Waals surface area contributed by atoms with Crippen molar-refractivity contribution in [2.45, 2.75) is 13.1 Å². The highest BCUT2D eigenvalue weighted by molar-refractivity contribution is 5.35. The van der Waals surface area contributed by atoms with Crippen LogP contribution in [0.25, 0.3) is 0 Å². The topological polar surface area (TPSA) is 64.0 Å². The van der Waals surface area contributed by atoms with Crippen LogP contribution in [-0.2, 0) is 13.1 Å². The largest absolute Gasteiger partial charge is 0.439 e. The summed E-state index contributed by atoms with van der Waals surface area (Å²) in [5.74, 6) is 3.04. The van der Waals surface area contributed by atoms with Gasteiger partial charge in [-0.25, -0.2) is 9.67 Å². The van der Waals surface area contributed by atoms with Crippen molar-refractivity contribution >= 4 is 5.82 Å². The maximum Gasteiger partial charge on any atom is 0.219 e. The lowest BCUT2D eigenvalue weighted by Crippen LogP contribution is -2.35. The molecule has 3 heterocycles. The van der Waals surface area contributed by atoms with Crippen molar-refractivity contribution in [1.29, 1.82) is 0 Å². The van der Waals surface area contributed by atoms with Crippen molar-refractivity contribution in [2.24, 2.45) is 5.92 Å². The maximum absolute atomic E-state index is 5.79. The number of para-hydroxylation sites is 1. The summed E-state index contributed by atoms with van der Waals surface area (Å²) in [5, 5.41) is 11.3. The second-order valence-electron chi connectivity index (χ2n) is 6.19. The van der Waals surface area contributed by atoms with Gasteiger partial charge in [0.15, 0.2) is 0 Å². The quantitative estimate of drug-likeness (QED) is 0.725. The average molecular weight is 335 g/mol. The van der Waals surface area contributed by atoms with Crippen LogP contribution in [0.1, 0.15) is 5.56 Å². The summed E-state index contributed by atoms with van der Waals surface area (Å²) in [7, 11) is 0. The number of ether oxygens (including phenoxy) is 1. The van der Waals surface area contributed by atoms with Crippen LogP contribution in [-0.4, -0.2) is 27.9 Å². The molecule has 1 atom stereocenters. The van der Waals surface area contributed by atoms with Gasteiger partial charge in [-0.05, 0) is 23.8 Å². The highest BCUT2D eigenvalue weighted by Crippen LogP contribution is 2.19. The Morgan fingerprint density at radius 3 is 3.00 bits per heavy atom. The molecule has 3 aromatic rings. The van der Waals surface area contributed by atoms with Crippen molar-refractivity contribution in [3.8, 4) is 11.6 Å². The molecule has 2 N–H and O–H groups in total. The third kappa shape index (κ3) is 3.97. The van der Waals surface area contributed by atoms with E-state index in [1.807, 2.05) is 59.4 Å². The lowest BCUT2D eigenvalue weighted by Gasteiger charge is -2.25. The molecule has 25 heavy (non-hydrogen) atoms. The van der Waals surface area contributed by atoms with Crippen molar-refractivity contribution < 1.29 is 4.74 Å². The first-order valence-corrected chi connectivity index (χ1v) is 8.51. The van der Waals surface area contributed by atoms with Gasteiger partial charge in [0.2, 0.25) is 5.88 Å². The first-order chi connectivity index (χ1) is 12.4. The summed E-state index contributed by atoms with van der Waals surface area (Å²) in [4.78, 5) is 4.28. The second-order valence-corrected chi connectivity index (χ2v) is 6.19. The zero-order valence-electron chi connectivity index (χ0n) is 13.9. The first-order valence-electron chi connectivity index (χ1n) is 8.51. The normalized spacial score (nSPS) is 16.1. The van der Waals surface area contributed by atoms with Gasteiger partial charge in [-0.3, -0.25) is 0 Å². The lowest BCUT2D eigenvalue weighted by molar-refractivity contribution is 0.391. The Balaban J connectivity index is 1.29. The first kappa shape index (κ1) is 15.7. The minimum Gasteiger partial charge on any atom is -0.439 e. The standard InChI is InChI=1S/C19H21N5O/c1-2-4-17(5-3-1)25-19-10-15(6-8-21-19)11-20-12-16-13-22-18-7-9-23-24(18)14-16/h1-10,16,20,22H,11-14H2. The van der Waals surface area contributed by atoms with E-state index in [2.05, 4.69) is 20.7 Å². The van der Waals surface area contributed by atoms with Crippen molar-refractivity contribution in [3.63, 3.8) is 0 Å². The van der Waals surface area contributed by atoms with Gasteiger partial charge in [0, 0.05) is 50.4 Å². The average Bonchev–Trinajstić information content (AvgIpc) is 3.11. The third-order valence-corrected chi connectivity index (χ3v) is 4.25. The van der Waals surface area contributed by atoms with E-state index in [4.69, 9.17) is 4.74 Å². The molecule has 1 unspecified atom stereocenters. The molecular formula is C19H21N5O. The number of pyridine rings is 1. The molecular weight excluding hydrogens is 314 g/mol. The van der Waals surface area contributed by atoms with Gasteiger partial charge >= 0.3 is 0 Å². The summed E-state index contributed by atoms with van der Waals surface area (Å²) < 4.78 is 7.81. The molecule has 6 nitrogen and oxygen atoms in total. The van der Waals surface area contributed by atoms with Gasteiger partial charge in [-0.1, -0.05) is 18.2 Å². The number of hydrogen-bond donors (Lipinski definition) is 2. The Labute approximate surface area is 146 Å². The molecule has 0 saturated heterocycles. The molecule has 128 valence electrons. The lowest BCUT2D eigenvalue weighted by atomic mass is 10.1. The van der Waals surface area contributed by atoms with Crippen molar-refractivity contribution in [1.82, 2.24) is 20.1 Å². The van der Waals surface area contributed by atoms with E-state index in [0.29, 0.717) is 11.8 Å². The SMILES string of the molecule is c1ccc(Oc2cc(CNCC3CNc4ccnn4C3)ccn2)cc1. The predicted octanol–water partition coefficient (Wildman–Crippen LogP) is 2.90. The van der Waals surface area contributed by atoms with Crippen LogP contribution in [0.15, 0.2) is 60.9 Å². The summed E-state index contributed by atoms with van der Waals surface area (Å²) >= 11 is 0. The molecule has 6 heteroatoms. The number of benzene rings is 1. The molecule has 0 aliphatic carbocycles. The number of nitrogens with zero attached hydrogens (tertiary/aromatic N) is 3. The van der Waals surface area contributed by atoms with Gasteiger partial charge in [0.1, 0.15) is 11.6 Å². The third-order valence-electron chi connectivity index (χ3n) is 4.25. The van der Waals surface area contributed by atoms with Gasteiger partial charge in [-0.15, -0.1) is 0 Å². The summed E-state index contributed by atoms with van der Waals surface area (Å²) in [6.45, 7) is 3.64. The predicted molar refractivity (Wildman–Crippen MR) is 96.7 cm³/mol. The second kappa shape index (κ2) is 7.36. The number of hydrogen-bond acceptors (Lipinski definition) is 5. The summed E-state index contributed by atoms with van der Waals surface area (Å²) in [6, 6.07) is 15.7. The Hall–Kier alpha value is -2.86. The number of nitrogens with one attached hydrogen (secondary N) is 2. The molecule has 0 spiro atoms. The van der Waals surface area contributed by atoms with Crippen LogP contribution in [0.2, 0.25) is 0 Å². The zero-order chi connectivity index (χ0) is 16.9. The van der Waals surface area contributed by atoms with Crippen LogP contribution in [0.4, 0.5) is 5.82 Å². The number of fused-ring (bicyclic) bond motifs is 1. The smallest absolute Gasteiger partial charge is 0.219 e. The molecule has 0 bridgehead atoms. The molecule has 0 fully saturated rings. The fraction of sp³-hybridized carbons (Fsp3) is 0.263. The van der Waals surface area contributed by atoms with E-state index >= 15 is 0 Å². The highest BCUT2D eigenvalue weighted by Gasteiger charge is 2.17. The number of rotatable bonds is 6. The minimum atomic E-state index is 0.522. The Morgan fingerprint density at radius 1 is 1.16 bits per heavy atom. The summed E-state index contributed by atoms with van der Waals surface area (Å²) in [6.07, 6.45) is 3.62. The van der Waals surface area contributed by atoms with Gasteiger partial charge in [0.25, 0.3) is 0 Å². The Morgan fingerprint density at radius 2 is 2.08 bits per heavy atom. The molecule has 4 rings (SSSR count). The van der Waals surface area contributed by atoms with Crippen molar-refractivity contribution in [2.75, 3.05) is 18.4 Å². The van der Waals surface area contributed by atoms with Crippen LogP contribution in [0, 0.1) is 5.92 Å². The fourth-order valence-electron chi connectivity index (χ4n) is 2.97. The van der Waals surface area contributed by atoms with Crippen LogP contribution in [0.3, 0.4) is 0 Å². The van der Waals surface area contributed by atoms with E-state index in [-0.39, 0.29) is 0 Å². The van der Waals surface area contributed by atoms with E-state index in [0.717, 1.165) is 43.3 Å². The highest BCUT2D eigenvalue weighted by atomic mass is 16.5. The molecule has 0 saturated carbocycles.